The van der Waals surface area contributed by atoms with Gasteiger partial charge in [-0.25, -0.2) is 27.5 Å². The molecule has 5 aliphatic heterocycles. The molecule has 6 aliphatic rings. The molecule has 1 unspecified atom stereocenters. The molecule has 3 atom stereocenters. The fraction of sp³-hybridized carbons (Fsp3) is 0.568. The Kier molecular flexibility index (Phi) is 10.1. The zero-order valence-corrected chi connectivity index (χ0v) is 35.5. The first-order chi connectivity index (χ1) is 30.9. The highest BCUT2D eigenvalue weighted by Gasteiger charge is 2.45. The molecule has 20 heteroatoms. The van der Waals surface area contributed by atoms with Crippen LogP contribution < -0.4 is 26.1 Å². The van der Waals surface area contributed by atoms with Gasteiger partial charge in [0.15, 0.2) is 11.3 Å². The summed E-state index contributed by atoms with van der Waals surface area (Å²) in [5.74, 6) is 0.0229. The molecule has 5 aromatic rings. The third-order valence-electron chi connectivity index (χ3n) is 14.6. The Morgan fingerprint density at radius 3 is 2.58 bits per heavy atom. The van der Waals surface area contributed by atoms with E-state index in [9.17, 15) is 28.0 Å². The van der Waals surface area contributed by atoms with Gasteiger partial charge in [-0.2, -0.15) is 10.2 Å². The van der Waals surface area contributed by atoms with Crippen molar-refractivity contribution in [1.82, 2.24) is 43.7 Å². The number of ether oxygens (including phenoxy) is 1. The van der Waals surface area contributed by atoms with E-state index in [1.807, 2.05) is 24.3 Å². The van der Waals surface area contributed by atoms with Gasteiger partial charge in [0.1, 0.15) is 23.1 Å². The van der Waals surface area contributed by atoms with E-state index in [2.05, 4.69) is 35.5 Å². The van der Waals surface area contributed by atoms with Crippen molar-refractivity contribution in [2.24, 2.45) is 18.9 Å². The molecule has 1 saturated carbocycles. The Balaban J connectivity index is 0.651. The number of aromatic nitrogens is 7. The number of hydrogen-bond donors (Lipinski definition) is 2. The molecular weight excluding hydrogens is 834 g/mol. The quantitative estimate of drug-likeness (QED) is 0.171. The third-order valence-corrected chi connectivity index (χ3v) is 14.6. The molecule has 4 aromatic heterocycles. The highest BCUT2D eigenvalue weighted by atomic mass is 19.3. The van der Waals surface area contributed by atoms with Gasteiger partial charge in [-0.15, -0.1) is 0 Å². The molecule has 338 valence electrons. The number of imidazole rings is 1. The van der Waals surface area contributed by atoms with E-state index in [0.717, 1.165) is 81.7 Å². The van der Waals surface area contributed by atoms with Gasteiger partial charge >= 0.3 is 5.69 Å². The average molecular weight is 885 g/mol. The second kappa shape index (κ2) is 15.7. The zero-order valence-electron chi connectivity index (χ0n) is 35.5. The van der Waals surface area contributed by atoms with E-state index in [-0.39, 0.29) is 53.9 Å². The van der Waals surface area contributed by atoms with Gasteiger partial charge in [0, 0.05) is 65.1 Å². The molecule has 64 heavy (non-hydrogen) atoms. The van der Waals surface area contributed by atoms with Crippen molar-refractivity contribution < 1.29 is 32.3 Å². The summed E-state index contributed by atoms with van der Waals surface area (Å²) in [4.78, 5) is 62.6. The lowest BCUT2D eigenvalue weighted by Crippen LogP contribution is -2.60. The number of carbonyl (C=O) groups excluding carboxylic acids is 3. The molecule has 9 heterocycles. The standard InChI is InChI=1S/C44H51F3N12O5/c1-53-38-32(3-2-4-33(38)59(43(53)63)34-9-10-36(60)51-42(34)62)55-18-26(19-55)11-13-44(47)23-54(24-44)17-25-5-7-27(8-6-25)58-21-31(37(52-58)39(45)46)49-41(61)30-16-48-57-14-12-35(50-40(30)57)56-20-29-15-28(56)22-64-29/h2-4,12,14,16,21,25-29,34,39H,5-11,13,15,17-20,22-24H2,1H3,(H,49,61)(H,51,60,62)/t25?,27?,28-,29-,34?/m1/s1. The van der Waals surface area contributed by atoms with Gasteiger partial charge < -0.3 is 19.9 Å². The van der Waals surface area contributed by atoms with Crippen LogP contribution >= 0.6 is 0 Å². The molecule has 6 fully saturated rings. The lowest BCUT2D eigenvalue weighted by atomic mass is 9.82. The van der Waals surface area contributed by atoms with E-state index in [1.165, 1.54) is 21.5 Å². The molecule has 0 radical (unpaired) electrons. The van der Waals surface area contributed by atoms with Gasteiger partial charge in [-0.1, -0.05) is 6.07 Å². The minimum atomic E-state index is -2.89. The second-order valence-corrected chi connectivity index (χ2v) is 18.9. The molecule has 17 nitrogen and oxygen atoms in total. The number of nitrogens with one attached hydrogen (secondary N) is 2. The summed E-state index contributed by atoms with van der Waals surface area (Å²) in [6.45, 7) is 4.45. The predicted octanol–water partition coefficient (Wildman–Crippen LogP) is 4.40. The summed E-state index contributed by atoms with van der Waals surface area (Å²) < 4.78 is 56.3. The number of piperidine rings is 1. The molecule has 2 bridgehead atoms. The summed E-state index contributed by atoms with van der Waals surface area (Å²) in [7, 11) is 1.70. The van der Waals surface area contributed by atoms with Gasteiger partial charge in [0.05, 0.1) is 53.4 Å². The number of imide groups is 1. The lowest BCUT2D eigenvalue weighted by molar-refractivity contribution is -0.135. The first-order valence-electron chi connectivity index (χ1n) is 22.5. The van der Waals surface area contributed by atoms with E-state index < -0.39 is 35.6 Å². The number of fused-ring (bicyclic) bond motifs is 4. The molecular formula is C44H51F3N12O5. The number of amides is 3. The average Bonchev–Trinajstić information content (AvgIpc) is 4.10. The van der Waals surface area contributed by atoms with Crippen molar-refractivity contribution in [3.63, 3.8) is 0 Å². The monoisotopic (exact) mass is 884 g/mol. The SMILES string of the molecule is Cn1c(=O)n(C2CCC(=O)NC2=O)c2cccc(N3CC(CCC4(F)CN(CC5CCC(n6cc(NC(=O)c7cnn8ccc(N9C[C@H]%10C[C@@H]9CO%10)nc78)c(C(F)F)n6)CC5)C4)C3)c21. The largest absolute Gasteiger partial charge is 0.374 e. The summed E-state index contributed by atoms with van der Waals surface area (Å²) in [6, 6.07) is 6.92. The van der Waals surface area contributed by atoms with E-state index in [0.29, 0.717) is 49.1 Å². The first kappa shape index (κ1) is 41.0. The van der Waals surface area contributed by atoms with Crippen LogP contribution in [0.25, 0.3) is 16.7 Å². The van der Waals surface area contributed by atoms with E-state index in [1.54, 1.807) is 22.5 Å². The summed E-state index contributed by atoms with van der Waals surface area (Å²) >= 11 is 0. The van der Waals surface area contributed by atoms with Crippen LogP contribution in [-0.2, 0) is 21.4 Å². The van der Waals surface area contributed by atoms with Crippen molar-refractivity contribution in [1.29, 1.82) is 0 Å². The third kappa shape index (κ3) is 7.21. The Morgan fingerprint density at radius 1 is 1.03 bits per heavy atom. The normalized spacial score (nSPS) is 26.0. The summed E-state index contributed by atoms with van der Waals surface area (Å²) in [5, 5.41) is 13.6. The topological polar surface area (TPSA) is 169 Å². The second-order valence-electron chi connectivity index (χ2n) is 18.9. The minimum absolute atomic E-state index is 0.0351. The summed E-state index contributed by atoms with van der Waals surface area (Å²) in [6.07, 6.45) is 7.76. The molecule has 3 amide bonds. The van der Waals surface area contributed by atoms with Crippen molar-refractivity contribution in [2.75, 3.05) is 61.0 Å². The number of halogens is 3. The van der Waals surface area contributed by atoms with Crippen molar-refractivity contribution in [3.8, 4) is 0 Å². The lowest BCUT2D eigenvalue weighted by Gasteiger charge is -2.48. The Morgan fingerprint density at radius 2 is 1.84 bits per heavy atom. The predicted molar refractivity (Wildman–Crippen MR) is 228 cm³/mol. The van der Waals surface area contributed by atoms with Crippen molar-refractivity contribution >= 4 is 51.6 Å². The molecule has 0 spiro atoms. The number of anilines is 3. The maximum atomic E-state index is 15.9. The number of carbonyl (C=O) groups is 3. The van der Waals surface area contributed by atoms with E-state index >= 15 is 4.39 Å². The van der Waals surface area contributed by atoms with Gasteiger partial charge in [0.25, 0.3) is 12.3 Å². The smallest absolute Gasteiger partial charge is 0.329 e. The fourth-order valence-corrected chi connectivity index (χ4v) is 11.2. The van der Waals surface area contributed by atoms with Crippen LogP contribution in [0.15, 0.2) is 47.7 Å². The maximum absolute atomic E-state index is 15.9. The highest BCUT2D eigenvalue weighted by Crippen LogP contribution is 2.40. The molecule has 5 saturated heterocycles. The Hall–Kier alpha value is -5.76. The molecule has 1 aliphatic carbocycles. The summed E-state index contributed by atoms with van der Waals surface area (Å²) in [5.41, 5.74) is 0.764. The number of aryl methyl sites for hydroxylation is 1. The molecule has 1 aromatic carbocycles. The van der Waals surface area contributed by atoms with Gasteiger partial charge in [0.2, 0.25) is 11.8 Å². The van der Waals surface area contributed by atoms with Crippen LogP contribution in [0.5, 0.6) is 0 Å². The van der Waals surface area contributed by atoms with Crippen LogP contribution in [0.3, 0.4) is 0 Å². The van der Waals surface area contributed by atoms with Crippen LogP contribution in [0.4, 0.5) is 30.4 Å². The number of alkyl halides is 3. The molecule has 2 N–H and O–H groups in total. The highest BCUT2D eigenvalue weighted by molar-refractivity contribution is 6.08. The Labute approximate surface area is 365 Å². The number of para-hydroxylation sites is 1. The van der Waals surface area contributed by atoms with Crippen LogP contribution in [0.1, 0.15) is 92.3 Å². The number of morpholine rings is 1. The zero-order chi connectivity index (χ0) is 44.0. The van der Waals surface area contributed by atoms with Crippen LogP contribution in [0.2, 0.25) is 0 Å². The van der Waals surface area contributed by atoms with Crippen LogP contribution in [0, 0.1) is 11.8 Å². The Bertz CT molecular complexity index is 2710. The van der Waals surface area contributed by atoms with E-state index in [4.69, 9.17) is 9.72 Å². The van der Waals surface area contributed by atoms with Gasteiger partial charge in [-0.3, -0.25) is 38.4 Å². The van der Waals surface area contributed by atoms with Crippen molar-refractivity contribution in [2.45, 2.75) is 94.1 Å². The van der Waals surface area contributed by atoms with Crippen molar-refractivity contribution in [3.05, 3.63) is 64.6 Å². The maximum Gasteiger partial charge on any atom is 0.329 e. The molecule has 11 rings (SSSR count). The number of rotatable bonds is 12. The van der Waals surface area contributed by atoms with Crippen LogP contribution in [-0.4, -0.2) is 120 Å². The first-order valence-corrected chi connectivity index (χ1v) is 22.5. The number of likely N-dealkylation sites (tertiary alicyclic amines) is 1. The fourth-order valence-electron chi connectivity index (χ4n) is 11.2. The number of benzene rings is 1. The number of hydrogen-bond acceptors (Lipinski definition) is 11. The number of nitrogens with zero attached hydrogens (tertiary/aromatic N) is 10. The minimum Gasteiger partial charge on any atom is -0.374 e. The van der Waals surface area contributed by atoms with Gasteiger partial charge in [-0.05, 0) is 81.4 Å².